The molecule has 0 aliphatic rings. The highest BCUT2D eigenvalue weighted by molar-refractivity contribution is 7.10. The van der Waals surface area contributed by atoms with Crippen LogP contribution in [-0.2, 0) is 4.79 Å². The fourth-order valence-corrected chi connectivity index (χ4v) is 1.68. The zero-order valence-corrected chi connectivity index (χ0v) is 9.38. The minimum atomic E-state index is -0.105. The molecule has 0 saturated heterocycles. The van der Waals surface area contributed by atoms with Gasteiger partial charge in [-0.1, -0.05) is 6.07 Å². The molecule has 0 spiro atoms. The lowest BCUT2D eigenvalue weighted by Gasteiger charge is -2.07. The Morgan fingerprint density at radius 2 is 2.60 bits per heavy atom. The van der Waals surface area contributed by atoms with Crippen molar-refractivity contribution in [1.29, 1.82) is 0 Å². The predicted molar refractivity (Wildman–Crippen MR) is 64.4 cm³/mol. The van der Waals surface area contributed by atoms with E-state index in [1.165, 1.54) is 6.08 Å². The number of carbonyl (C=O) groups excluding carboxylic acids is 1. The average molecular weight is 219 g/mol. The molecule has 0 aromatic carbocycles. The molecular formula is C12H13NOS. The van der Waals surface area contributed by atoms with Crippen molar-refractivity contribution >= 4 is 23.3 Å². The van der Waals surface area contributed by atoms with Gasteiger partial charge in [0.25, 0.3) is 0 Å². The number of thiophene rings is 1. The molecule has 0 fully saturated rings. The maximum atomic E-state index is 11.4. The second-order valence-electron chi connectivity index (χ2n) is 3.17. The van der Waals surface area contributed by atoms with Crippen LogP contribution in [0.15, 0.2) is 23.6 Å². The molecule has 1 N–H and O–H groups in total. The first kappa shape index (κ1) is 11.5. The summed E-state index contributed by atoms with van der Waals surface area (Å²) in [5.41, 5.74) is 0. The molecule has 1 aromatic heterocycles. The zero-order valence-electron chi connectivity index (χ0n) is 8.57. The van der Waals surface area contributed by atoms with Crippen LogP contribution < -0.4 is 5.32 Å². The van der Waals surface area contributed by atoms with Crippen LogP contribution in [0.4, 0.5) is 0 Å². The summed E-state index contributed by atoms with van der Waals surface area (Å²) in [6, 6.07) is 3.93. The number of amides is 1. The highest BCUT2D eigenvalue weighted by atomic mass is 32.1. The summed E-state index contributed by atoms with van der Waals surface area (Å²) in [5.74, 6) is 2.40. The van der Waals surface area contributed by atoms with Gasteiger partial charge in [0.05, 0.1) is 0 Å². The van der Waals surface area contributed by atoms with Gasteiger partial charge in [0.1, 0.15) is 0 Å². The Morgan fingerprint density at radius 3 is 3.20 bits per heavy atom. The van der Waals surface area contributed by atoms with Gasteiger partial charge in [-0.05, 0) is 24.4 Å². The van der Waals surface area contributed by atoms with Crippen molar-refractivity contribution in [2.24, 2.45) is 0 Å². The molecule has 1 aromatic rings. The standard InChI is InChI=1S/C12H13NOS/c1-3-5-10(2)13-12(14)8-7-11-6-4-9-15-11/h1,4,6-10H,5H2,2H3,(H,13,14)/b8-7+. The highest BCUT2D eigenvalue weighted by Gasteiger charge is 2.01. The maximum absolute atomic E-state index is 11.4. The SMILES string of the molecule is C#CCC(C)NC(=O)/C=C/c1cccs1. The minimum absolute atomic E-state index is 0.0236. The van der Waals surface area contributed by atoms with Crippen molar-refractivity contribution in [1.82, 2.24) is 5.32 Å². The molecular weight excluding hydrogens is 206 g/mol. The van der Waals surface area contributed by atoms with Crippen molar-refractivity contribution in [2.75, 3.05) is 0 Å². The topological polar surface area (TPSA) is 29.1 Å². The van der Waals surface area contributed by atoms with Crippen LogP contribution in [-0.4, -0.2) is 11.9 Å². The maximum Gasteiger partial charge on any atom is 0.244 e. The van der Waals surface area contributed by atoms with Crippen LogP contribution in [0.5, 0.6) is 0 Å². The Morgan fingerprint density at radius 1 is 1.80 bits per heavy atom. The van der Waals surface area contributed by atoms with Crippen molar-refractivity contribution in [3.63, 3.8) is 0 Å². The first-order valence-corrected chi connectivity index (χ1v) is 5.56. The van der Waals surface area contributed by atoms with Crippen LogP contribution in [0, 0.1) is 12.3 Å². The lowest BCUT2D eigenvalue weighted by molar-refractivity contribution is -0.116. The quantitative estimate of drug-likeness (QED) is 0.611. The summed E-state index contributed by atoms with van der Waals surface area (Å²) < 4.78 is 0. The summed E-state index contributed by atoms with van der Waals surface area (Å²) in [7, 11) is 0. The van der Waals surface area contributed by atoms with Crippen LogP contribution >= 0.6 is 11.3 Å². The first-order valence-electron chi connectivity index (χ1n) is 4.68. The van der Waals surface area contributed by atoms with E-state index in [1.807, 2.05) is 24.4 Å². The van der Waals surface area contributed by atoms with Gasteiger partial charge in [0.2, 0.25) is 5.91 Å². The number of terminal acetylenes is 1. The van der Waals surface area contributed by atoms with Gasteiger partial charge >= 0.3 is 0 Å². The van der Waals surface area contributed by atoms with Gasteiger partial charge in [-0.3, -0.25) is 4.79 Å². The van der Waals surface area contributed by atoms with E-state index in [4.69, 9.17) is 6.42 Å². The smallest absolute Gasteiger partial charge is 0.244 e. The Balaban J connectivity index is 2.40. The molecule has 1 heterocycles. The third-order valence-electron chi connectivity index (χ3n) is 1.75. The second-order valence-corrected chi connectivity index (χ2v) is 4.15. The van der Waals surface area contributed by atoms with E-state index in [0.29, 0.717) is 6.42 Å². The Kier molecular flexibility index (Phi) is 4.65. The van der Waals surface area contributed by atoms with Crippen molar-refractivity contribution < 1.29 is 4.79 Å². The van der Waals surface area contributed by atoms with E-state index in [-0.39, 0.29) is 11.9 Å². The van der Waals surface area contributed by atoms with E-state index in [0.717, 1.165) is 4.88 Å². The molecule has 0 aliphatic heterocycles. The van der Waals surface area contributed by atoms with Crippen LogP contribution in [0.1, 0.15) is 18.2 Å². The number of nitrogens with one attached hydrogen (secondary N) is 1. The van der Waals surface area contributed by atoms with Crippen molar-refractivity contribution in [3.8, 4) is 12.3 Å². The van der Waals surface area contributed by atoms with Crippen molar-refractivity contribution in [2.45, 2.75) is 19.4 Å². The molecule has 0 bridgehead atoms. The molecule has 1 amide bonds. The van der Waals surface area contributed by atoms with Gasteiger partial charge in [-0.25, -0.2) is 0 Å². The molecule has 78 valence electrons. The summed E-state index contributed by atoms with van der Waals surface area (Å²) in [6.45, 7) is 1.89. The molecule has 1 rings (SSSR count). The number of rotatable bonds is 4. The largest absolute Gasteiger partial charge is 0.349 e. The number of hydrogen-bond donors (Lipinski definition) is 1. The summed E-state index contributed by atoms with van der Waals surface area (Å²) in [6.07, 6.45) is 9.01. The van der Waals surface area contributed by atoms with Gasteiger partial charge in [0.15, 0.2) is 0 Å². The van der Waals surface area contributed by atoms with Crippen molar-refractivity contribution in [3.05, 3.63) is 28.5 Å². The molecule has 2 nitrogen and oxygen atoms in total. The lowest BCUT2D eigenvalue weighted by Crippen LogP contribution is -2.30. The fourth-order valence-electron chi connectivity index (χ4n) is 1.06. The van der Waals surface area contributed by atoms with Gasteiger partial charge in [0, 0.05) is 23.4 Å². The predicted octanol–water partition coefficient (Wildman–Crippen LogP) is 2.29. The third kappa shape index (κ3) is 4.48. The molecule has 3 heteroatoms. The van der Waals surface area contributed by atoms with E-state index < -0.39 is 0 Å². The fraction of sp³-hybridized carbons (Fsp3) is 0.250. The minimum Gasteiger partial charge on any atom is -0.349 e. The van der Waals surface area contributed by atoms with Gasteiger partial charge in [-0.2, -0.15) is 0 Å². The van der Waals surface area contributed by atoms with Crippen LogP contribution in [0.2, 0.25) is 0 Å². The molecule has 0 aliphatic carbocycles. The van der Waals surface area contributed by atoms with E-state index in [9.17, 15) is 4.79 Å². The zero-order chi connectivity index (χ0) is 11.1. The van der Waals surface area contributed by atoms with Crippen LogP contribution in [0.25, 0.3) is 6.08 Å². The normalized spacial score (nSPS) is 12.3. The summed E-state index contributed by atoms with van der Waals surface area (Å²) >= 11 is 1.59. The Labute approximate surface area is 94.0 Å². The lowest BCUT2D eigenvalue weighted by atomic mass is 10.2. The van der Waals surface area contributed by atoms with Gasteiger partial charge in [-0.15, -0.1) is 23.7 Å². The van der Waals surface area contributed by atoms with Gasteiger partial charge < -0.3 is 5.32 Å². The molecule has 0 radical (unpaired) electrons. The highest BCUT2D eigenvalue weighted by Crippen LogP contribution is 2.09. The molecule has 1 unspecified atom stereocenters. The number of carbonyl (C=O) groups is 1. The Hall–Kier alpha value is -1.53. The Bertz CT molecular complexity index is 373. The van der Waals surface area contributed by atoms with E-state index >= 15 is 0 Å². The van der Waals surface area contributed by atoms with E-state index in [2.05, 4.69) is 11.2 Å². The molecule has 0 saturated carbocycles. The molecule has 1 atom stereocenters. The monoisotopic (exact) mass is 219 g/mol. The summed E-state index contributed by atoms with van der Waals surface area (Å²) in [5, 5.41) is 4.75. The number of hydrogen-bond acceptors (Lipinski definition) is 2. The van der Waals surface area contributed by atoms with Crippen LogP contribution in [0.3, 0.4) is 0 Å². The second kappa shape index (κ2) is 6.05. The third-order valence-corrected chi connectivity index (χ3v) is 2.59. The van der Waals surface area contributed by atoms with E-state index in [1.54, 1.807) is 17.4 Å². The summed E-state index contributed by atoms with van der Waals surface area (Å²) in [4.78, 5) is 12.4. The first-order chi connectivity index (χ1) is 7.22. The molecule has 15 heavy (non-hydrogen) atoms. The average Bonchev–Trinajstić information content (AvgIpc) is 2.67.